The first kappa shape index (κ1) is 30.1. The normalized spacial score (nSPS) is 22.1. The Kier molecular flexibility index (Phi) is 9.75. The standard InChI is InChI=1S/C36H39N3O5/c40-23-25-9-11-27(12-10-25)34-19-32(22-39-18-4-7-31(39)24-41)43-36(44-34)28-15-13-26(14-16-28)33-8-2-1-5-29(33)21-38-35(42)30-6-3-17-37-20-30/h1-3,5-6,8-17,20,31-32,34,36,40-41H,4,7,18-19,21-24H2,(H,38,42). The van der Waals surface area contributed by atoms with Crippen molar-refractivity contribution in [2.75, 3.05) is 19.7 Å². The maximum atomic E-state index is 12.6. The number of carbonyl (C=O) groups excluding carboxylic acids is 1. The van der Waals surface area contributed by atoms with Crippen LogP contribution in [-0.4, -0.2) is 57.8 Å². The van der Waals surface area contributed by atoms with E-state index in [1.807, 2.05) is 54.6 Å². The van der Waals surface area contributed by atoms with Crippen LogP contribution in [-0.2, 0) is 22.6 Å². The van der Waals surface area contributed by atoms with Gasteiger partial charge in [0.1, 0.15) is 0 Å². The van der Waals surface area contributed by atoms with Crippen LogP contribution in [0.15, 0.2) is 97.3 Å². The van der Waals surface area contributed by atoms with Crippen molar-refractivity contribution >= 4 is 5.91 Å². The molecule has 0 bridgehead atoms. The first-order valence-electron chi connectivity index (χ1n) is 15.3. The first-order valence-corrected chi connectivity index (χ1v) is 15.3. The summed E-state index contributed by atoms with van der Waals surface area (Å²) in [5.41, 5.74) is 6.46. The van der Waals surface area contributed by atoms with Gasteiger partial charge in [0.15, 0.2) is 6.29 Å². The van der Waals surface area contributed by atoms with Gasteiger partial charge in [-0.2, -0.15) is 0 Å². The van der Waals surface area contributed by atoms with Gasteiger partial charge >= 0.3 is 0 Å². The molecule has 228 valence electrons. The Morgan fingerprint density at radius 1 is 0.932 bits per heavy atom. The van der Waals surface area contributed by atoms with Gasteiger partial charge in [0.05, 0.1) is 31.0 Å². The zero-order valence-corrected chi connectivity index (χ0v) is 24.7. The lowest BCUT2D eigenvalue weighted by molar-refractivity contribution is -0.253. The molecule has 2 fully saturated rings. The number of aromatic nitrogens is 1. The van der Waals surface area contributed by atoms with E-state index in [1.54, 1.807) is 24.5 Å². The highest BCUT2D eigenvalue weighted by atomic mass is 16.7. The second-order valence-corrected chi connectivity index (χ2v) is 11.5. The minimum absolute atomic E-state index is 0.00399. The van der Waals surface area contributed by atoms with Crippen LogP contribution in [0.3, 0.4) is 0 Å². The highest BCUT2D eigenvalue weighted by molar-refractivity contribution is 5.93. The average Bonchev–Trinajstić information content (AvgIpc) is 3.54. The van der Waals surface area contributed by atoms with Crippen molar-refractivity contribution in [3.8, 4) is 11.1 Å². The number of hydrogen-bond acceptors (Lipinski definition) is 7. The number of rotatable bonds is 10. The molecule has 44 heavy (non-hydrogen) atoms. The summed E-state index contributed by atoms with van der Waals surface area (Å²) >= 11 is 0. The second-order valence-electron chi connectivity index (χ2n) is 11.5. The van der Waals surface area contributed by atoms with Crippen molar-refractivity contribution in [2.24, 2.45) is 0 Å². The molecule has 8 heteroatoms. The molecule has 2 aliphatic rings. The Bertz CT molecular complexity index is 1510. The highest BCUT2D eigenvalue weighted by Crippen LogP contribution is 2.39. The molecule has 3 N–H and O–H groups in total. The van der Waals surface area contributed by atoms with E-state index in [4.69, 9.17) is 9.47 Å². The fourth-order valence-electron chi connectivity index (χ4n) is 6.19. The summed E-state index contributed by atoms with van der Waals surface area (Å²) in [5, 5.41) is 22.4. The number of aliphatic hydroxyl groups is 2. The number of amides is 1. The SMILES string of the molecule is O=C(NCc1ccccc1-c1ccc(C2OC(CN3CCCC3CO)CC(c3ccc(CO)cc3)O2)cc1)c1cccnc1. The number of carbonyl (C=O) groups is 1. The Hall–Kier alpha value is -3.92. The zero-order valence-electron chi connectivity index (χ0n) is 24.7. The highest BCUT2D eigenvalue weighted by Gasteiger charge is 2.35. The van der Waals surface area contributed by atoms with Crippen LogP contribution in [0.5, 0.6) is 0 Å². The lowest BCUT2D eigenvalue weighted by atomic mass is 9.97. The number of nitrogens with one attached hydrogen (secondary N) is 1. The van der Waals surface area contributed by atoms with Gasteiger partial charge in [0, 0.05) is 43.5 Å². The van der Waals surface area contributed by atoms with Crippen molar-refractivity contribution in [2.45, 2.75) is 57.0 Å². The zero-order chi connectivity index (χ0) is 30.3. The van der Waals surface area contributed by atoms with Gasteiger partial charge in [-0.1, -0.05) is 72.8 Å². The monoisotopic (exact) mass is 593 g/mol. The maximum Gasteiger partial charge on any atom is 0.253 e. The van der Waals surface area contributed by atoms with Crippen molar-refractivity contribution in [1.29, 1.82) is 0 Å². The lowest BCUT2D eigenvalue weighted by Gasteiger charge is -2.38. The third kappa shape index (κ3) is 7.07. The van der Waals surface area contributed by atoms with Crippen LogP contribution < -0.4 is 5.32 Å². The number of pyridine rings is 1. The van der Waals surface area contributed by atoms with Crippen molar-refractivity contribution in [1.82, 2.24) is 15.2 Å². The topological polar surface area (TPSA) is 104 Å². The Morgan fingerprint density at radius 2 is 1.73 bits per heavy atom. The summed E-state index contributed by atoms with van der Waals surface area (Å²) < 4.78 is 13.1. The Labute approximate surface area is 258 Å². The van der Waals surface area contributed by atoms with Gasteiger partial charge < -0.3 is 25.0 Å². The molecule has 2 aliphatic heterocycles. The van der Waals surface area contributed by atoms with Gasteiger partial charge in [-0.05, 0) is 59.3 Å². The number of benzene rings is 3. The quantitative estimate of drug-likeness (QED) is 0.233. The van der Waals surface area contributed by atoms with Gasteiger partial charge in [0.2, 0.25) is 0 Å². The van der Waals surface area contributed by atoms with E-state index in [1.165, 1.54) is 0 Å². The van der Waals surface area contributed by atoms with E-state index in [0.717, 1.165) is 59.3 Å². The Morgan fingerprint density at radius 3 is 2.48 bits per heavy atom. The molecule has 1 amide bonds. The number of hydrogen-bond donors (Lipinski definition) is 3. The fraction of sp³-hybridized carbons (Fsp3) is 0.333. The summed E-state index contributed by atoms with van der Waals surface area (Å²) in [4.78, 5) is 19.0. The van der Waals surface area contributed by atoms with E-state index >= 15 is 0 Å². The molecular weight excluding hydrogens is 554 g/mol. The molecule has 4 atom stereocenters. The molecule has 0 saturated carbocycles. The largest absolute Gasteiger partial charge is 0.395 e. The van der Waals surface area contributed by atoms with Crippen molar-refractivity contribution in [3.05, 3.63) is 125 Å². The number of ether oxygens (including phenoxy) is 2. The van der Waals surface area contributed by atoms with Crippen LogP contribution in [0.25, 0.3) is 11.1 Å². The van der Waals surface area contributed by atoms with Crippen LogP contribution in [0, 0.1) is 0 Å². The summed E-state index contributed by atoms with van der Waals surface area (Å²) in [6.07, 6.45) is 5.23. The van der Waals surface area contributed by atoms with Crippen LogP contribution in [0.4, 0.5) is 0 Å². The molecule has 2 saturated heterocycles. The smallest absolute Gasteiger partial charge is 0.253 e. The van der Waals surface area contributed by atoms with E-state index < -0.39 is 6.29 Å². The minimum atomic E-state index is -0.547. The second kappa shape index (κ2) is 14.2. The molecule has 3 aromatic carbocycles. The summed E-state index contributed by atoms with van der Waals surface area (Å²) in [5.74, 6) is -0.163. The third-order valence-corrected chi connectivity index (χ3v) is 8.64. The van der Waals surface area contributed by atoms with Gasteiger partial charge in [0.25, 0.3) is 5.91 Å². The van der Waals surface area contributed by atoms with Crippen LogP contribution in [0.2, 0.25) is 0 Å². The van der Waals surface area contributed by atoms with E-state index in [2.05, 4.69) is 33.4 Å². The molecule has 0 aliphatic carbocycles. The third-order valence-electron chi connectivity index (χ3n) is 8.64. The Balaban J connectivity index is 1.19. The molecule has 4 aromatic rings. The molecule has 3 heterocycles. The minimum Gasteiger partial charge on any atom is -0.395 e. The van der Waals surface area contributed by atoms with Crippen LogP contribution >= 0.6 is 0 Å². The molecule has 4 unspecified atom stereocenters. The van der Waals surface area contributed by atoms with Crippen molar-refractivity contribution in [3.63, 3.8) is 0 Å². The first-order chi connectivity index (χ1) is 21.6. The van der Waals surface area contributed by atoms with Crippen molar-refractivity contribution < 1.29 is 24.5 Å². The number of nitrogens with zero attached hydrogens (tertiary/aromatic N) is 2. The van der Waals surface area contributed by atoms with E-state index in [9.17, 15) is 15.0 Å². The molecule has 6 rings (SSSR count). The fourth-order valence-corrected chi connectivity index (χ4v) is 6.19. The summed E-state index contributed by atoms with van der Waals surface area (Å²) in [6, 6.07) is 27.9. The summed E-state index contributed by atoms with van der Waals surface area (Å²) in [6.45, 7) is 2.26. The van der Waals surface area contributed by atoms with Gasteiger partial charge in [-0.25, -0.2) is 0 Å². The van der Waals surface area contributed by atoms with E-state index in [0.29, 0.717) is 18.5 Å². The number of likely N-dealkylation sites (tertiary alicyclic amines) is 1. The van der Waals surface area contributed by atoms with Crippen LogP contribution in [0.1, 0.15) is 64.3 Å². The molecule has 1 aromatic heterocycles. The maximum absolute atomic E-state index is 12.6. The predicted molar refractivity (Wildman–Crippen MR) is 167 cm³/mol. The van der Waals surface area contributed by atoms with Gasteiger partial charge in [-0.3, -0.25) is 14.7 Å². The molecule has 0 radical (unpaired) electrons. The van der Waals surface area contributed by atoms with Gasteiger partial charge in [-0.15, -0.1) is 0 Å². The summed E-state index contributed by atoms with van der Waals surface area (Å²) in [7, 11) is 0. The predicted octanol–water partition coefficient (Wildman–Crippen LogP) is 5.17. The average molecular weight is 594 g/mol. The van der Waals surface area contributed by atoms with E-state index in [-0.39, 0.29) is 37.4 Å². The lowest BCUT2D eigenvalue weighted by Crippen LogP contribution is -2.42. The molecule has 8 nitrogen and oxygen atoms in total. The molecule has 0 spiro atoms. The number of aliphatic hydroxyl groups excluding tert-OH is 2. The molecular formula is C36H39N3O5.